The molecule has 2 N–H and O–H groups in total. The van der Waals surface area contributed by atoms with E-state index >= 15 is 0 Å². The second-order valence-corrected chi connectivity index (χ2v) is 4.20. The maximum absolute atomic E-state index is 12.8. The van der Waals surface area contributed by atoms with Gasteiger partial charge in [0.2, 0.25) is 5.91 Å². The summed E-state index contributed by atoms with van der Waals surface area (Å²) in [5.74, 6) is -0.226. The largest absolute Gasteiger partial charge is 0.418 e. The van der Waals surface area contributed by atoms with Gasteiger partial charge in [0, 0.05) is 19.5 Å². The Labute approximate surface area is 114 Å². The zero-order valence-electron chi connectivity index (χ0n) is 10.3. The average molecular weight is 295 g/mol. The van der Waals surface area contributed by atoms with Crippen LogP contribution in [0, 0.1) is 0 Å². The van der Waals surface area contributed by atoms with Crippen LogP contribution in [-0.4, -0.2) is 19.0 Å². The third-order valence-corrected chi connectivity index (χ3v) is 2.66. The van der Waals surface area contributed by atoms with Crippen molar-refractivity contribution in [3.63, 3.8) is 0 Å². The molecule has 0 bridgehead atoms. The molecule has 3 nitrogen and oxygen atoms in total. The lowest BCUT2D eigenvalue weighted by Gasteiger charge is -2.15. The van der Waals surface area contributed by atoms with Crippen molar-refractivity contribution in [2.45, 2.75) is 19.5 Å². The lowest BCUT2D eigenvalue weighted by Crippen LogP contribution is -2.25. The number of para-hydroxylation sites is 1. The molecule has 7 heteroatoms. The van der Waals surface area contributed by atoms with E-state index in [-0.39, 0.29) is 29.6 Å². The molecule has 0 spiro atoms. The fourth-order valence-electron chi connectivity index (χ4n) is 1.53. The Kier molecular flexibility index (Phi) is 5.47. The van der Waals surface area contributed by atoms with Gasteiger partial charge in [0.05, 0.1) is 16.3 Å². The highest BCUT2D eigenvalue weighted by atomic mass is 35.5. The summed E-state index contributed by atoms with van der Waals surface area (Å²) in [5, 5.41) is 5.10. The van der Waals surface area contributed by atoms with E-state index in [9.17, 15) is 18.0 Å². The average Bonchev–Trinajstić information content (AvgIpc) is 2.30. The third-order valence-electron chi connectivity index (χ3n) is 2.35. The van der Waals surface area contributed by atoms with Crippen LogP contribution in [0.3, 0.4) is 0 Å². The molecular weight excluding hydrogens is 281 g/mol. The number of amides is 1. The molecule has 0 saturated heterocycles. The monoisotopic (exact) mass is 294 g/mol. The van der Waals surface area contributed by atoms with Gasteiger partial charge in [-0.05, 0) is 19.1 Å². The molecule has 0 aliphatic carbocycles. The van der Waals surface area contributed by atoms with Gasteiger partial charge < -0.3 is 10.6 Å². The normalized spacial score (nSPS) is 11.2. The van der Waals surface area contributed by atoms with Gasteiger partial charge in [-0.15, -0.1) is 0 Å². The fourth-order valence-corrected chi connectivity index (χ4v) is 1.77. The number of alkyl halides is 3. The molecule has 0 atom stereocenters. The summed E-state index contributed by atoms with van der Waals surface area (Å²) in [6.45, 7) is 2.33. The Morgan fingerprint density at radius 3 is 2.63 bits per heavy atom. The maximum atomic E-state index is 12.8. The number of anilines is 1. The van der Waals surface area contributed by atoms with Gasteiger partial charge in [-0.1, -0.05) is 17.7 Å². The van der Waals surface area contributed by atoms with Gasteiger partial charge >= 0.3 is 6.18 Å². The summed E-state index contributed by atoms with van der Waals surface area (Å²) in [7, 11) is 0. The Morgan fingerprint density at radius 2 is 2.05 bits per heavy atom. The summed E-state index contributed by atoms with van der Waals surface area (Å²) in [6, 6.07) is 3.55. The van der Waals surface area contributed by atoms with E-state index in [1.165, 1.54) is 12.1 Å². The van der Waals surface area contributed by atoms with Crippen molar-refractivity contribution in [2.24, 2.45) is 0 Å². The second kappa shape index (κ2) is 6.65. The van der Waals surface area contributed by atoms with Gasteiger partial charge in [-0.2, -0.15) is 13.2 Å². The van der Waals surface area contributed by atoms with E-state index in [0.29, 0.717) is 6.54 Å². The standard InChI is InChI=1S/C12H14ClF3N2O/c1-2-17-10(19)6-7-18-11-8(12(14,15)16)4-3-5-9(11)13/h3-5,18H,2,6-7H2,1H3,(H,17,19). The van der Waals surface area contributed by atoms with Crippen LogP contribution in [0.4, 0.5) is 18.9 Å². The molecule has 19 heavy (non-hydrogen) atoms. The van der Waals surface area contributed by atoms with Crippen molar-refractivity contribution in [1.82, 2.24) is 5.32 Å². The summed E-state index contributed by atoms with van der Waals surface area (Å²) in [6.07, 6.45) is -4.41. The number of carbonyl (C=O) groups is 1. The first-order chi connectivity index (χ1) is 8.86. The summed E-state index contributed by atoms with van der Waals surface area (Å²) >= 11 is 5.75. The molecule has 0 heterocycles. The summed E-state index contributed by atoms with van der Waals surface area (Å²) in [5.41, 5.74) is -1.03. The molecule has 0 aromatic heterocycles. The Hall–Kier alpha value is -1.43. The summed E-state index contributed by atoms with van der Waals surface area (Å²) in [4.78, 5) is 11.2. The van der Waals surface area contributed by atoms with Crippen LogP contribution in [0.25, 0.3) is 0 Å². The highest BCUT2D eigenvalue weighted by Gasteiger charge is 2.34. The molecule has 1 aromatic carbocycles. The van der Waals surface area contributed by atoms with Crippen molar-refractivity contribution in [2.75, 3.05) is 18.4 Å². The van der Waals surface area contributed by atoms with Crippen LogP contribution < -0.4 is 10.6 Å². The quantitative estimate of drug-likeness (QED) is 0.875. The number of nitrogens with one attached hydrogen (secondary N) is 2. The minimum Gasteiger partial charge on any atom is -0.383 e. The number of carbonyl (C=O) groups excluding carboxylic acids is 1. The number of halogens is 4. The Balaban J connectivity index is 2.75. The van der Waals surface area contributed by atoms with E-state index < -0.39 is 11.7 Å². The van der Waals surface area contributed by atoms with Gasteiger partial charge in [0.25, 0.3) is 0 Å². The third kappa shape index (κ3) is 4.63. The fraction of sp³-hybridized carbons (Fsp3) is 0.417. The van der Waals surface area contributed by atoms with Gasteiger partial charge in [0.1, 0.15) is 0 Å². The van der Waals surface area contributed by atoms with E-state index in [1.54, 1.807) is 6.92 Å². The van der Waals surface area contributed by atoms with E-state index in [1.807, 2.05) is 0 Å². The van der Waals surface area contributed by atoms with Crippen LogP contribution in [0.5, 0.6) is 0 Å². The first-order valence-electron chi connectivity index (χ1n) is 5.72. The van der Waals surface area contributed by atoms with E-state index in [0.717, 1.165) is 6.07 Å². The molecular formula is C12H14ClF3N2O. The number of hydrogen-bond donors (Lipinski definition) is 2. The predicted molar refractivity (Wildman–Crippen MR) is 68.2 cm³/mol. The molecule has 1 rings (SSSR count). The highest BCUT2D eigenvalue weighted by molar-refractivity contribution is 6.33. The predicted octanol–water partition coefficient (Wildman–Crippen LogP) is 3.30. The molecule has 0 aliphatic heterocycles. The van der Waals surface area contributed by atoms with Crippen molar-refractivity contribution in [3.05, 3.63) is 28.8 Å². The van der Waals surface area contributed by atoms with Crippen molar-refractivity contribution in [3.8, 4) is 0 Å². The lowest BCUT2D eigenvalue weighted by atomic mass is 10.1. The summed E-state index contributed by atoms with van der Waals surface area (Å²) < 4.78 is 38.3. The molecule has 0 radical (unpaired) electrons. The van der Waals surface area contributed by atoms with E-state index in [2.05, 4.69) is 10.6 Å². The minimum absolute atomic E-state index is 0.0225. The van der Waals surface area contributed by atoms with Gasteiger partial charge in [-0.25, -0.2) is 0 Å². The SMILES string of the molecule is CCNC(=O)CCNc1c(Cl)cccc1C(F)(F)F. The highest BCUT2D eigenvalue weighted by Crippen LogP contribution is 2.38. The topological polar surface area (TPSA) is 41.1 Å². The van der Waals surface area contributed by atoms with Gasteiger partial charge in [-0.3, -0.25) is 4.79 Å². The number of hydrogen-bond acceptors (Lipinski definition) is 2. The van der Waals surface area contributed by atoms with Crippen molar-refractivity contribution >= 4 is 23.2 Å². The smallest absolute Gasteiger partial charge is 0.383 e. The van der Waals surface area contributed by atoms with Crippen LogP contribution in [0.15, 0.2) is 18.2 Å². The van der Waals surface area contributed by atoms with Crippen LogP contribution in [0.1, 0.15) is 18.9 Å². The zero-order valence-corrected chi connectivity index (χ0v) is 11.0. The zero-order chi connectivity index (χ0) is 14.5. The Morgan fingerprint density at radius 1 is 1.37 bits per heavy atom. The Bertz CT molecular complexity index is 449. The van der Waals surface area contributed by atoms with Crippen molar-refractivity contribution in [1.29, 1.82) is 0 Å². The molecule has 0 fully saturated rings. The molecule has 0 aliphatic rings. The lowest BCUT2D eigenvalue weighted by molar-refractivity contribution is -0.137. The molecule has 1 amide bonds. The second-order valence-electron chi connectivity index (χ2n) is 3.79. The first kappa shape index (κ1) is 15.6. The van der Waals surface area contributed by atoms with Crippen LogP contribution >= 0.6 is 11.6 Å². The molecule has 0 unspecified atom stereocenters. The first-order valence-corrected chi connectivity index (χ1v) is 6.10. The molecule has 0 saturated carbocycles. The van der Waals surface area contributed by atoms with Crippen LogP contribution in [0.2, 0.25) is 5.02 Å². The molecule has 106 valence electrons. The number of benzene rings is 1. The van der Waals surface area contributed by atoms with Crippen LogP contribution in [-0.2, 0) is 11.0 Å². The van der Waals surface area contributed by atoms with Gasteiger partial charge in [0.15, 0.2) is 0 Å². The maximum Gasteiger partial charge on any atom is 0.418 e. The van der Waals surface area contributed by atoms with E-state index in [4.69, 9.17) is 11.6 Å². The molecule has 1 aromatic rings. The minimum atomic E-state index is -4.49. The number of rotatable bonds is 5. The van der Waals surface area contributed by atoms with Crippen molar-refractivity contribution < 1.29 is 18.0 Å².